The minimum atomic E-state index is -3.70. The van der Waals surface area contributed by atoms with Gasteiger partial charge in [-0.25, -0.2) is 18.2 Å². The van der Waals surface area contributed by atoms with E-state index in [0.717, 1.165) is 16.9 Å². The minimum absolute atomic E-state index is 0.117. The molecule has 2 rings (SSSR count). The topological polar surface area (TPSA) is 85.4 Å². The quantitative estimate of drug-likeness (QED) is 0.873. The van der Waals surface area contributed by atoms with E-state index in [9.17, 15) is 13.2 Å². The number of hydrogen-bond acceptors (Lipinski definition) is 6. The van der Waals surface area contributed by atoms with Crippen molar-refractivity contribution in [3.63, 3.8) is 0 Å². The molecule has 0 aliphatic rings. The number of nitrogens with one attached hydrogen (secondary N) is 1. The Morgan fingerprint density at radius 2 is 1.95 bits per heavy atom. The number of carbonyl (C=O) groups excluding carboxylic acids is 1. The molecule has 0 atom stereocenters. The highest BCUT2D eigenvalue weighted by atomic mass is 32.2. The number of aryl methyl sites for hydroxylation is 1. The lowest BCUT2D eigenvalue weighted by molar-refractivity contribution is 0.0606. The van der Waals surface area contributed by atoms with Crippen LogP contribution in [0.3, 0.4) is 0 Å². The van der Waals surface area contributed by atoms with E-state index in [-0.39, 0.29) is 14.9 Å². The van der Waals surface area contributed by atoms with Crippen molar-refractivity contribution in [2.75, 3.05) is 11.8 Å². The fourth-order valence-electron chi connectivity index (χ4n) is 1.41. The Labute approximate surface area is 120 Å². The molecule has 0 unspecified atom stereocenters. The third-order valence-electron chi connectivity index (χ3n) is 2.45. The molecule has 0 saturated heterocycles. The number of thiazole rings is 1. The van der Waals surface area contributed by atoms with Crippen LogP contribution in [0.1, 0.15) is 15.2 Å². The summed E-state index contributed by atoms with van der Waals surface area (Å²) >= 11 is 0.914. The Balaban J connectivity index is 2.22. The fraction of sp³-hybridized carbons (Fsp3) is 0.167. The van der Waals surface area contributed by atoms with Crippen molar-refractivity contribution in [1.29, 1.82) is 0 Å². The number of anilines is 1. The summed E-state index contributed by atoms with van der Waals surface area (Å²) in [6.45, 7) is 1.87. The van der Waals surface area contributed by atoms with Gasteiger partial charge < -0.3 is 4.74 Å². The van der Waals surface area contributed by atoms with Gasteiger partial charge in [0, 0.05) is 0 Å². The Hall–Kier alpha value is -1.93. The van der Waals surface area contributed by atoms with E-state index in [4.69, 9.17) is 0 Å². The van der Waals surface area contributed by atoms with Crippen LogP contribution in [0.25, 0.3) is 0 Å². The first-order chi connectivity index (χ1) is 9.42. The van der Waals surface area contributed by atoms with Crippen molar-refractivity contribution in [3.05, 3.63) is 40.9 Å². The Kier molecular flexibility index (Phi) is 4.05. The second-order valence-corrected chi connectivity index (χ2v) is 6.65. The molecule has 1 N–H and O–H groups in total. The molecule has 8 heteroatoms. The summed E-state index contributed by atoms with van der Waals surface area (Å²) in [5.41, 5.74) is 0.964. The summed E-state index contributed by atoms with van der Waals surface area (Å²) in [4.78, 5) is 15.5. The molecule has 1 heterocycles. The summed E-state index contributed by atoms with van der Waals surface area (Å²) < 4.78 is 31.1. The number of sulfonamides is 1. The van der Waals surface area contributed by atoms with E-state index in [2.05, 4.69) is 14.4 Å². The van der Waals surface area contributed by atoms with Crippen LogP contribution in [0.4, 0.5) is 5.13 Å². The van der Waals surface area contributed by atoms with Crippen LogP contribution in [-0.2, 0) is 14.8 Å². The van der Waals surface area contributed by atoms with Crippen LogP contribution in [0.5, 0.6) is 0 Å². The molecule has 0 saturated carbocycles. The van der Waals surface area contributed by atoms with Crippen molar-refractivity contribution in [3.8, 4) is 0 Å². The maximum atomic E-state index is 12.1. The monoisotopic (exact) mass is 312 g/mol. The number of hydrogen-bond donors (Lipinski definition) is 1. The molecular formula is C12H12N2O4S2. The maximum Gasteiger partial charge on any atom is 0.349 e. The van der Waals surface area contributed by atoms with E-state index < -0.39 is 16.0 Å². The average Bonchev–Trinajstić information content (AvgIpc) is 2.86. The second-order valence-electron chi connectivity index (χ2n) is 3.94. The van der Waals surface area contributed by atoms with Crippen molar-refractivity contribution in [2.45, 2.75) is 11.8 Å². The van der Waals surface area contributed by atoms with Gasteiger partial charge in [-0.15, -0.1) is 0 Å². The molecule has 0 radical (unpaired) electrons. The van der Waals surface area contributed by atoms with Crippen molar-refractivity contribution in [1.82, 2.24) is 4.98 Å². The lowest BCUT2D eigenvalue weighted by atomic mass is 10.2. The van der Waals surface area contributed by atoms with Crippen LogP contribution in [-0.4, -0.2) is 26.5 Å². The molecule has 1 aromatic heterocycles. The second kappa shape index (κ2) is 5.59. The zero-order valence-corrected chi connectivity index (χ0v) is 12.4. The van der Waals surface area contributed by atoms with Crippen LogP contribution >= 0.6 is 11.3 Å². The van der Waals surface area contributed by atoms with Gasteiger partial charge in [0.15, 0.2) is 5.13 Å². The normalized spacial score (nSPS) is 11.1. The molecule has 0 bridgehead atoms. The van der Waals surface area contributed by atoms with Gasteiger partial charge in [0.25, 0.3) is 10.0 Å². The Morgan fingerprint density at radius 1 is 1.30 bits per heavy atom. The number of aromatic nitrogens is 1. The molecule has 0 aliphatic heterocycles. The SMILES string of the molecule is COC(=O)c1cnc(NS(=O)(=O)c2ccc(C)cc2)s1. The molecule has 1 aromatic carbocycles. The van der Waals surface area contributed by atoms with Gasteiger partial charge in [-0.1, -0.05) is 29.0 Å². The number of ether oxygens (including phenoxy) is 1. The van der Waals surface area contributed by atoms with Crippen LogP contribution < -0.4 is 4.72 Å². The number of nitrogens with zero attached hydrogens (tertiary/aromatic N) is 1. The van der Waals surface area contributed by atoms with Crippen LogP contribution in [0.15, 0.2) is 35.4 Å². The average molecular weight is 312 g/mol. The van der Waals surface area contributed by atoms with Gasteiger partial charge in [-0.3, -0.25) is 4.72 Å². The van der Waals surface area contributed by atoms with Gasteiger partial charge in [0.05, 0.1) is 18.2 Å². The van der Waals surface area contributed by atoms with Gasteiger partial charge in [-0.2, -0.15) is 0 Å². The number of esters is 1. The highest BCUT2D eigenvalue weighted by Crippen LogP contribution is 2.22. The lowest BCUT2D eigenvalue weighted by Crippen LogP contribution is -2.12. The van der Waals surface area contributed by atoms with Gasteiger partial charge >= 0.3 is 5.97 Å². The Bertz CT molecular complexity index is 720. The summed E-state index contributed by atoms with van der Waals surface area (Å²) in [5.74, 6) is -0.553. The predicted octanol–water partition coefficient (Wildman–Crippen LogP) is 2.04. The summed E-state index contributed by atoms with van der Waals surface area (Å²) in [5, 5.41) is 0.117. The first-order valence-electron chi connectivity index (χ1n) is 5.56. The fourth-order valence-corrected chi connectivity index (χ4v) is 3.38. The maximum absolute atomic E-state index is 12.1. The summed E-state index contributed by atoms with van der Waals surface area (Å²) in [6, 6.07) is 6.42. The van der Waals surface area contributed by atoms with E-state index >= 15 is 0 Å². The number of methoxy groups -OCH3 is 1. The number of rotatable bonds is 4. The lowest BCUT2D eigenvalue weighted by Gasteiger charge is -2.05. The standard InChI is InChI=1S/C12H12N2O4S2/c1-8-3-5-9(6-4-8)20(16,17)14-12-13-7-10(19-12)11(15)18-2/h3-7H,1-2H3,(H,13,14). The molecule has 106 valence electrons. The molecule has 6 nitrogen and oxygen atoms in total. The first kappa shape index (κ1) is 14.5. The number of benzene rings is 1. The largest absolute Gasteiger partial charge is 0.465 e. The van der Waals surface area contributed by atoms with E-state index in [1.807, 2.05) is 6.92 Å². The molecule has 2 aromatic rings. The summed E-state index contributed by atoms with van der Waals surface area (Å²) in [6.07, 6.45) is 1.27. The zero-order valence-electron chi connectivity index (χ0n) is 10.8. The van der Waals surface area contributed by atoms with E-state index in [1.165, 1.54) is 25.4 Å². The summed E-state index contributed by atoms with van der Waals surface area (Å²) in [7, 11) is -2.46. The number of carbonyl (C=O) groups is 1. The smallest absolute Gasteiger partial charge is 0.349 e. The Morgan fingerprint density at radius 3 is 2.55 bits per heavy atom. The van der Waals surface area contributed by atoms with Gasteiger partial charge in [0.2, 0.25) is 0 Å². The third kappa shape index (κ3) is 3.14. The molecule has 0 amide bonds. The molecule has 0 spiro atoms. The third-order valence-corrected chi connectivity index (χ3v) is 4.82. The highest BCUT2D eigenvalue weighted by Gasteiger charge is 2.17. The van der Waals surface area contributed by atoms with Gasteiger partial charge in [-0.05, 0) is 19.1 Å². The van der Waals surface area contributed by atoms with Crippen LogP contribution in [0, 0.1) is 6.92 Å². The molecule has 0 fully saturated rings. The molecule has 0 aliphatic carbocycles. The van der Waals surface area contributed by atoms with Gasteiger partial charge in [0.1, 0.15) is 4.88 Å². The van der Waals surface area contributed by atoms with Crippen LogP contribution in [0.2, 0.25) is 0 Å². The van der Waals surface area contributed by atoms with Crippen molar-refractivity contribution >= 4 is 32.5 Å². The van der Waals surface area contributed by atoms with E-state index in [1.54, 1.807) is 12.1 Å². The zero-order chi connectivity index (χ0) is 14.8. The highest BCUT2D eigenvalue weighted by molar-refractivity contribution is 7.93. The van der Waals surface area contributed by atoms with Crippen molar-refractivity contribution in [2.24, 2.45) is 0 Å². The molecular weight excluding hydrogens is 300 g/mol. The predicted molar refractivity (Wildman–Crippen MR) is 75.4 cm³/mol. The molecule has 20 heavy (non-hydrogen) atoms. The van der Waals surface area contributed by atoms with E-state index in [0.29, 0.717) is 0 Å². The first-order valence-corrected chi connectivity index (χ1v) is 7.86. The minimum Gasteiger partial charge on any atom is -0.465 e. The van der Waals surface area contributed by atoms with Crippen molar-refractivity contribution < 1.29 is 17.9 Å².